The Balaban J connectivity index is 1.85. The topological polar surface area (TPSA) is 214 Å². The first-order valence-corrected chi connectivity index (χ1v) is 12.9. The van der Waals surface area contributed by atoms with Crippen LogP contribution in [0.1, 0.15) is 12.8 Å². The molecule has 1 saturated heterocycles. The van der Waals surface area contributed by atoms with Gasteiger partial charge in [0.05, 0.1) is 44.4 Å². The number of carboxylic acid groups (broad SMARTS) is 2. The zero-order valence-electron chi connectivity index (χ0n) is 22.4. The van der Waals surface area contributed by atoms with E-state index in [1.54, 1.807) is 12.2 Å². The summed E-state index contributed by atoms with van der Waals surface area (Å²) in [4.78, 5) is 35.9. The molecular formula is C27H36NO13+. The Kier molecular flexibility index (Phi) is 11.4. The van der Waals surface area contributed by atoms with Gasteiger partial charge in [-0.15, -0.1) is 6.58 Å². The number of carboxylic acids is 2. The quantitative estimate of drug-likeness (QED) is 0.0967. The molecule has 0 aromatic carbocycles. The molecule has 226 valence electrons. The molecule has 7 N–H and O–H groups in total. The van der Waals surface area contributed by atoms with Crippen LogP contribution in [0.4, 0.5) is 0 Å². The molecule has 3 aliphatic heterocycles. The predicted molar refractivity (Wildman–Crippen MR) is 138 cm³/mol. The van der Waals surface area contributed by atoms with Crippen LogP contribution in [0.2, 0.25) is 0 Å². The summed E-state index contributed by atoms with van der Waals surface area (Å²) in [5, 5.41) is 58.5. The molecule has 3 rings (SSSR count). The van der Waals surface area contributed by atoms with Crippen LogP contribution in [0.25, 0.3) is 0 Å². The standard InChI is InChI=1S/C27H35NO13/c1-3-16-17(7-6-14-9-15(24(35)36)11-28(10-14)8-4-5-20(30)31)18(25(37)38-2)13-39-26(16)41-27-23(34)22(33)21(32)19(12-29)40-27/h3,6-7,9,11,13,16-17,19,21-23,26-27,29,32-34H,1,4-5,8,10,12H2,2H3,(H,30,31)(H,35,36)/p+1/b7-6+/t16-,17+,19-,21-,22+,23-,26+,27+/m1/s1. The molecule has 0 aliphatic carbocycles. The highest BCUT2D eigenvalue weighted by molar-refractivity contribution is 5.90. The lowest BCUT2D eigenvalue weighted by atomic mass is 9.83. The van der Waals surface area contributed by atoms with E-state index in [-0.39, 0.29) is 17.6 Å². The smallest absolute Gasteiger partial charge is 0.341 e. The first kappa shape index (κ1) is 32.1. The van der Waals surface area contributed by atoms with E-state index in [4.69, 9.17) is 24.1 Å². The van der Waals surface area contributed by atoms with E-state index in [1.807, 2.05) is 0 Å². The van der Waals surface area contributed by atoms with Crippen molar-refractivity contribution in [1.29, 1.82) is 0 Å². The van der Waals surface area contributed by atoms with Crippen LogP contribution < -0.4 is 4.90 Å². The van der Waals surface area contributed by atoms with Gasteiger partial charge in [-0.2, -0.15) is 0 Å². The van der Waals surface area contributed by atoms with Crippen LogP contribution in [0.15, 0.2) is 60.1 Å². The van der Waals surface area contributed by atoms with Crippen LogP contribution >= 0.6 is 0 Å². The molecule has 3 heterocycles. The summed E-state index contributed by atoms with van der Waals surface area (Å²) in [7, 11) is 1.19. The molecule has 9 atom stereocenters. The Labute approximate surface area is 235 Å². The van der Waals surface area contributed by atoms with Crippen molar-refractivity contribution in [2.24, 2.45) is 11.8 Å². The molecule has 0 spiro atoms. The van der Waals surface area contributed by atoms with E-state index in [0.717, 1.165) is 11.2 Å². The lowest BCUT2D eigenvalue weighted by Crippen LogP contribution is -3.08. The third-order valence-electron chi connectivity index (χ3n) is 7.01. The average molecular weight is 583 g/mol. The molecule has 0 saturated carbocycles. The van der Waals surface area contributed by atoms with E-state index in [0.29, 0.717) is 25.1 Å². The second-order valence-electron chi connectivity index (χ2n) is 9.81. The number of allylic oxidation sites excluding steroid dienone is 1. The number of ether oxygens (including phenoxy) is 4. The number of quaternary nitrogens is 1. The highest BCUT2D eigenvalue weighted by atomic mass is 16.8. The summed E-state index contributed by atoms with van der Waals surface area (Å²) in [6.07, 6.45) is 0.248. The maximum Gasteiger partial charge on any atom is 0.341 e. The normalized spacial score (nSPS) is 33.7. The minimum atomic E-state index is -1.69. The Morgan fingerprint density at radius 1 is 1.15 bits per heavy atom. The molecule has 41 heavy (non-hydrogen) atoms. The second kappa shape index (κ2) is 14.5. The fraction of sp³-hybridized carbons (Fsp3) is 0.519. The number of carbonyl (C=O) groups is 3. The summed E-state index contributed by atoms with van der Waals surface area (Å²) in [6.45, 7) is 3.90. The van der Waals surface area contributed by atoms with Crippen molar-refractivity contribution in [2.45, 2.75) is 49.8 Å². The second-order valence-corrected chi connectivity index (χ2v) is 9.81. The molecule has 0 aromatic rings. The molecule has 1 fully saturated rings. The van der Waals surface area contributed by atoms with E-state index in [9.17, 15) is 39.9 Å². The first-order valence-electron chi connectivity index (χ1n) is 12.9. The van der Waals surface area contributed by atoms with Gasteiger partial charge in [0.1, 0.15) is 42.7 Å². The van der Waals surface area contributed by atoms with Crippen molar-refractivity contribution >= 4 is 17.9 Å². The molecule has 0 bridgehead atoms. The van der Waals surface area contributed by atoms with Crippen molar-refractivity contribution in [3.05, 3.63) is 60.1 Å². The zero-order chi connectivity index (χ0) is 30.3. The fourth-order valence-electron chi connectivity index (χ4n) is 4.82. The van der Waals surface area contributed by atoms with Crippen LogP contribution in [-0.2, 0) is 33.3 Å². The van der Waals surface area contributed by atoms with E-state index in [1.165, 1.54) is 25.5 Å². The van der Waals surface area contributed by atoms with Gasteiger partial charge < -0.3 is 54.5 Å². The maximum atomic E-state index is 12.6. The Bertz CT molecular complexity index is 1110. The molecule has 0 amide bonds. The lowest BCUT2D eigenvalue weighted by Gasteiger charge is -2.42. The van der Waals surface area contributed by atoms with Gasteiger partial charge in [-0.25, -0.2) is 9.59 Å². The summed E-state index contributed by atoms with van der Waals surface area (Å²) < 4.78 is 21.7. The minimum Gasteiger partial charge on any atom is -0.481 e. The number of esters is 1. The Morgan fingerprint density at radius 2 is 1.88 bits per heavy atom. The molecule has 14 heteroatoms. The van der Waals surface area contributed by atoms with Gasteiger partial charge >= 0.3 is 17.9 Å². The number of aliphatic hydroxyl groups excluding tert-OH is 4. The zero-order valence-corrected chi connectivity index (χ0v) is 22.4. The average Bonchev–Trinajstić information content (AvgIpc) is 2.95. The van der Waals surface area contributed by atoms with Crippen LogP contribution in [0.5, 0.6) is 0 Å². The van der Waals surface area contributed by atoms with Crippen molar-refractivity contribution < 1.29 is 68.9 Å². The van der Waals surface area contributed by atoms with Crippen molar-refractivity contribution in [3.63, 3.8) is 0 Å². The number of hydrogen-bond donors (Lipinski definition) is 7. The number of hydrogen-bond acceptors (Lipinski definition) is 11. The monoisotopic (exact) mass is 582 g/mol. The van der Waals surface area contributed by atoms with Gasteiger partial charge in [0.2, 0.25) is 6.29 Å². The highest BCUT2D eigenvalue weighted by Crippen LogP contribution is 2.36. The van der Waals surface area contributed by atoms with Crippen molar-refractivity contribution in [2.75, 3.05) is 26.8 Å². The molecule has 14 nitrogen and oxygen atoms in total. The number of aliphatic hydroxyl groups is 4. The number of rotatable bonds is 12. The number of methoxy groups -OCH3 is 1. The fourth-order valence-corrected chi connectivity index (χ4v) is 4.82. The van der Waals surface area contributed by atoms with Crippen molar-refractivity contribution in [1.82, 2.24) is 0 Å². The molecule has 0 radical (unpaired) electrons. The maximum absolute atomic E-state index is 12.6. The minimum absolute atomic E-state index is 0.0287. The highest BCUT2D eigenvalue weighted by Gasteiger charge is 2.47. The summed E-state index contributed by atoms with van der Waals surface area (Å²) in [5.41, 5.74) is 0.722. The predicted octanol–water partition coefficient (Wildman–Crippen LogP) is -2.15. The largest absolute Gasteiger partial charge is 0.481 e. The van der Waals surface area contributed by atoms with Gasteiger partial charge in [-0.1, -0.05) is 18.2 Å². The van der Waals surface area contributed by atoms with Gasteiger partial charge in [-0.3, -0.25) is 4.79 Å². The third kappa shape index (κ3) is 7.89. The lowest BCUT2D eigenvalue weighted by molar-refractivity contribution is -0.842. The molecule has 3 aliphatic rings. The number of aliphatic carboxylic acids is 2. The van der Waals surface area contributed by atoms with Gasteiger partial charge in [0.25, 0.3) is 0 Å². The van der Waals surface area contributed by atoms with E-state index >= 15 is 0 Å². The third-order valence-corrected chi connectivity index (χ3v) is 7.01. The van der Waals surface area contributed by atoms with Crippen LogP contribution in [0.3, 0.4) is 0 Å². The molecule has 1 unspecified atom stereocenters. The first-order chi connectivity index (χ1) is 19.5. The Hall–Kier alpha value is -3.37. The molecule has 0 aromatic heterocycles. The van der Waals surface area contributed by atoms with E-state index < -0.39 is 73.3 Å². The van der Waals surface area contributed by atoms with E-state index in [2.05, 4.69) is 6.58 Å². The molecular weight excluding hydrogens is 546 g/mol. The summed E-state index contributed by atoms with van der Waals surface area (Å²) >= 11 is 0. The van der Waals surface area contributed by atoms with Crippen molar-refractivity contribution in [3.8, 4) is 0 Å². The number of nitrogens with one attached hydrogen (secondary N) is 1. The van der Waals surface area contributed by atoms with Gasteiger partial charge in [0, 0.05) is 17.9 Å². The van der Waals surface area contributed by atoms with Gasteiger partial charge in [-0.05, 0) is 6.08 Å². The summed E-state index contributed by atoms with van der Waals surface area (Å²) in [5.74, 6) is -4.35. The van der Waals surface area contributed by atoms with Crippen LogP contribution in [0, 0.1) is 11.8 Å². The van der Waals surface area contributed by atoms with Crippen LogP contribution in [-0.4, -0.2) is 112 Å². The Morgan fingerprint density at radius 3 is 2.49 bits per heavy atom. The van der Waals surface area contributed by atoms with Gasteiger partial charge in [0.15, 0.2) is 6.29 Å². The summed E-state index contributed by atoms with van der Waals surface area (Å²) in [6, 6.07) is 0. The number of carbonyl (C=O) groups excluding carboxylic acids is 1. The SMILES string of the molecule is C=C[C@H]1[C@H](O[C@@H]2O[C@H](CO)[C@@H](O)[C@H](O)[C@H]2O)OC=C(C(=O)OC)[C@H]1/C=C/C1=CC(C(=O)O)=C[NH+](CCCC(=O)O)C1.